The summed E-state index contributed by atoms with van der Waals surface area (Å²) in [6.45, 7) is 6.52. The number of hydrogen-bond donors (Lipinski definition) is 4. The zero-order valence-corrected chi connectivity index (χ0v) is 23.0. The van der Waals surface area contributed by atoms with E-state index in [1.807, 2.05) is 43.3 Å². The monoisotopic (exact) mass is 594 g/mol. The topological polar surface area (TPSA) is 116 Å². The number of halogens is 1. The van der Waals surface area contributed by atoms with Gasteiger partial charge in [0, 0.05) is 18.7 Å². The van der Waals surface area contributed by atoms with Crippen molar-refractivity contribution < 1.29 is 18.6 Å². The summed E-state index contributed by atoms with van der Waals surface area (Å²) in [4.78, 5) is -0.168. The summed E-state index contributed by atoms with van der Waals surface area (Å²) >= 11 is 3.49. The van der Waals surface area contributed by atoms with Crippen LogP contribution in [-0.2, 0) is 23.1 Å². The molecule has 0 radical (unpaired) electrons. The molecule has 0 spiro atoms. The van der Waals surface area contributed by atoms with Crippen molar-refractivity contribution in [1.82, 2.24) is 19.8 Å². The van der Waals surface area contributed by atoms with Crippen molar-refractivity contribution in [2.45, 2.75) is 24.9 Å². The Morgan fingerprint density at radius 2 is 1.66 bits per heavy atom. The van der Waals surface area contributed by atoms with E-state index in [0.29, 0.717) is 23.5 Å². The number of allylic oxidation sites excluding steroid dienone is 2. The maximum Gasteiger partial charge on any atom is 0.244 e. The molecule has 4 rings (SSSR count). The Morgan fingerprint density at radius 3 is 2.32 bits per heavy atom. The lowest BCUT2D eigenvalue weighted by molar-refractivity contribution is 0.458. The Kier molecular flexibility index (Phi) is 8.35. The zero-order valence-electron chi connectivity index (χ0n) is 20.6. The second-order valence-corrected chi connectivity index (χ2v) is 11.1. The molecule has 0 bridgehead atoms. The molecule has 4 aromatic rings. The first kappa shape index (κ1) is 27.2. The Bertz CT molecular complexity index is 1610. The molecule has 0 aliphatic carbocycles. The molecule has 0 amide bonds. The number of phenols is 2. The van der Waals surface area contributed by atoms with Gasteiger partial charge in [-0.3, -0.25) is 0 Å². The summed E-state index contributed by atoms with van der Waals surface area (Å²) in [6.07, 6.45) is 3.51. The smallest absolute Gasteiger partial charge is 0.244 e. The second kappa shape index (κ2) is 11.7. The molecule has 4 N–H and O–H groups in total. The van der Waals surface area contributed by atoms with Gasteiger partial charge >= 0.3 is 0 Å². The quantitative estimate of drug-likeness (QED) is 0.189. The predicted molar refractivity (Wildman–Crippen MR) is 151 cm³/mol. The van der Waals surface area contributed by atoms with Crippen LogP contribution in [0.15, 0.2) is 101 Å². The fourth-order valence-electron chi connectivity index (χ4n) is 3.79. The molecule has 1 heterocycles. The number of sulfonamides is 1. The fraction of sp³-hybridized carbons (Fsp3) is 0.107. The minimum absolute atomic E-state index is 0.0580. The van der Waals surface area contributed by atoms with Gasteiger partial charge in [-0.1, -0.05) is 61.2 Å². The number of aromatic hydroxyl groups is 2. The van der Waals surface area contributed by atoms with Crippen molar-refractivity contribution in [3.8, 4) is 11.5 Å². The van der Waals surface area contributed by atoms with Crippen LogP contribution in [0.1, 0.15) is 22.4 Å². The third kappa shape index (κ3) is 6.34. The van der Waals surface area contributed by atoms with Gasteiger partial charge in [0.2, 0.25) is 10.0 Å². The number of aromatic nitrogens is 2. The molecule has 196 valence electrons. The van der Waals surface area contributed by atoms with E-state index in [1.54, 1.807) is 41.2 Å². The van der Waals surface area contributed by atoms with E-state index in [9.17, 15) is 18.6 Å². The first-order valence-electron chi connectivity index (χ1n) is 11.6. The minimum Gasteiger partial charge on any atom is -0.507 e. The van der Waals surface area contributed by atoms with E-state index >= 15 is 0 Å². The SMILES string of the molecule is C=C(/C=C(/NCc1cccc(CNS(=O)(=O)c2ccccc2O)c1)n1ncc(Br)c1C)c1ccccc1O. The lowest BCUT2D eigenvalue weighted by atomic mass is 10.1. The number of benzene rings is 3. The van der Waals surface area contributed by atoms with Gasteiger partial charge < -0.3 is 15.5 Å². The maximum atomic E-state index is 12.6. The minimum atomic E-state index is -3.88. The fourth-order valence-corrected chi connectivity index (χ4v) is 5.16. The zero-order chi connectivity index (χ0) is 27.3. The number of rotatable bonds is 10. The Balaban J connectivity index is 1.52. The van der Waals surface area contributed by atoms with E-state index in [0.717, 1.165) is 21.3 Å². The van der Waals surface area contributed by atoms with Gasteiger partial charge in [0.15, 0.2) is 0 Å². The molecule has 0 unspecified atom stereocenters. The summed E-state index contributed by atoms with van der Waals surface area (Å²) < 4.78 is 30.4. The molecule has 8 nitrogen and oxygen atoms in total. The van der Waals surface area contributed by atoms with Crippen molar-refractivity contribution in [2.75, 3.05) is 0 Å². The highest BCUT2D eigenvalue weighted by Gasteiger charge is 2.17. The number of hydrogen-bond acceptors (Lipinski definition) is 6. The Morgan fingerprint density at radius 1 is 1.00 bits per heavy atom. The molecule has 0 saturated carbocycles. The van der Waals surface area contributed by atoms with Crippen molar-refractivity contribution in [2.24, 2.45) is 0 Å². The van der Waals surface area contributed by atoms with Crippen LogP contribution < -0.4 is 10.0 Å². The normalized spacial score (nSPS) is 11.9. The summed E-state index contributed by atoms with van der Waals surface area (Å²) in [7, 11) is -3.88. The number of para-hydroxylation sites is 2. The van der Waals surface area contributed by atoms with Crippen LogP contribution >= 0.6 is 15.9 Å². The molecule has 0 saturated heterocycles. The van der Waals surface area contributed by atoms with Crippen LogP contribution in [0.2, 0.25) is 0 Å². The number of nitrogens with zero attached hydrogens (tertiary/aromatic N) is 2. The summed E-state index contributed by atoms with van der Waals surface area (Å²) in [5.74, 6) is 0.473. The van der Waals surface area contributed by atoms with Crippen LogP contribution in [0.25, 0.3) is 11.4 Å². The van der Waals surface area contributed by atoms with Crippen molar-refractivity contribution in [3.63, 3.8) is 0 Å². The lowest BCUT2D eigenvalue weighted by Gasteiger charge is -2.15. The summed E-state index contributed by atoms with van der Waals surface area (Å²) in [5.41, 5.74) is 3.75. The molecule has 1 aromatic heterocycles. The third-order valence-corrected chi connectivity index (χ3v) is 8.05. The number of nitrogens with one attached hydrogen (secondary N) is 2. The third-order valence-electron chi connectivity index (χ3n) is 5.83. The van der Waals surface area contributed by atoms with E-state index in [2.05, 4.69) is 37.6 Å². The van der Waals surface area contributed by atoms with E-state index < -0.39 is 10.0 Å². The molecule has 38 heavy (non-hydrogen) atoms. The average Bonchev–Trinajstić information content (AvgIpc) is 3.23. The van der Waals surface area contributed by atoms with Gasteiger partial charge in [-0.2, -0.15) is 5.10 Å². The van der Waals surface area contributed by atoms with Gasteiger partial charge in [0.1, 0.15) is 22.2 Å². The van der Waals surface area contributed by atoms with E-state index in [4.69, 9.17) is 0 Å². The van der Waals surface area contributed by atoms with Crippen LogP contribution in [0.3, 0.4) is 0 Å². The molecular weight excluding hydrogens is 568 g/mol. The number of phenolic OH excluding ortho intramolecular Hbond substituents is 2. The molecule has 0 aliphatic heterocycles. The van der Waals surface area contributed by atoms with Crippen LogP contribution in [-0.4, -0.2) is 28.4 Å². The lowest BCUT2D eigenvalue weighted by Crippen LogP contribution is -2.23. The first-order valence-corrected chi connectivity index (χ1v) is 13.9. The van der Waals surface area contributed by atoms with Gasteiger partial charge in [-0.25, -0.2) is 17.8 Å². The van der Waals surface area contributed by atoms with Crippen molar-refractivity contribution >= 4 is 37.3 Å². The molecule has 3 aromatic carbocycles. The van der Waals surface area contributed by atoms with Gasteiger partial charge in [0.25, 0.3) is 0 Å². The first-order chi connectivity index (χ1) is 18.2. The Hall–Kier alpha value is -3.86. The van der Waals surface area contributed by atoms with Crippen LogP contribution in [0, 0.1) is 6.92 Å². The summed E-state index contributed by atoms with van der Waals surface area (Å²) in [5, 5.41) is 28.0. The molecule has 0 atom stereocenters. The van der Waals surface area contributed by atoms with Crippen molar-refractivity contribution in [3.05, 3.63) is 119 Å². The second-order valence-electron chi connectivity index (χ2n) is 8.53. The maximum absolute atomic E-state index is 12.6. The van der Waals surface area contributed by atoms with E-state index in [1.165, 1.54) is 12.1 Å². The van der Waals surface area contributed by atoms with Crippen LogP contribution in [0.4, 0.5) is 0 Å². The highest BCUT2D eigenvalue weighted by molar-refractivity contribution is 9.10. The van der Waals surface area contributed by atoms with Gasteiger partial charge in [-0.05, 0) is 63.8 Å². The Labute approximate surface area is 230 Å². The highest BCUT2D eigenvalue weighted by Crippen LogP contribution is 2.27. The standard InChI is InChI=1S/C28H27BrN4O4S/c1-19(23-10-3-4-11-25(23)34)14-28(33-20(2)24(29)18-31-33)30-16-21-8-7-9-22(15-21)17-32-38(36,37)27-13-6-5-12-26(27)35/h3-15,18,30,32,34-35H,1,16-17H2,2H3/b28-14-. The summed E-state index contributed by atoms with van der Waals surface area (Å²) in [6, 6.07) is 20.3. The molecule has 0 aliphatic rings. The van der Waals surface area contributed by atoms with Gasteiger partial charge in [0.05, 0.1) is 16.4 Å². The largest absolute Gasteiger partial charge is 0.507 e. The average molecular weight is 596 g/mol. The molecule has 0 fully saturated rings. The van der Waals surface area contributed by atoms with Crippen LogP contribution in [0.5, 0.6) is 11.5 Å². The van der Waals surface area contributed by atoms with Gasteiger partial charge in [-0.15, -0.1) is 0 Å². The molecule has 10 heteroatoms. The van der Waals surface area contributed by atoms with Crippen molar-refractivity contribution in [1.29, 1.82) is 0 Å². The highest BCUT2D eigenvalue weighted by atomic mass is 79.9. The van der Waals surface area contributed by atoms with E-state index in [-0.39, 0.29) is 22.9 Å². The molecular formula is C28H27BrN4O4S. The predicted octanol–water partition coefficient (Wildman–Crippen LogP) is 5.15.